The molecule has 0 heterocycles. The Morgan fingerprint density at radius 2 is 1.53 bits per heavy atom. The van der Waals surface area contributed by atoms with Crippen molar-refractivity contribution in [2.75, 3.05) is 47.8 Å². The first-order chi connectivity index (χ1) is 8.46. The van der Waals surface area contributed by atoms with Gasteiger partial charge in [0, 0.05) is 0 Å². The fraction of sp³-hybridized carbons (Fsp3) is 0.700. The Hall–Kier alpha value is -1.71. The highest BCUT2D eigenvalue weighted by Crippen LogP contribution is 1.84. The van der Waals surface area contributed by atoms with Gasteiger partial charge in [-0.2, -0.15) is 0 Å². The third-order valence-corrected chi connectivity index (χ3v) is 1.11. The van der Waals surface area contributed by atoms with Crippen LogP contribution in [0.25, 0.3) is 0 Å². The van der Waals surface area contributed by atoms with E-state index < -0.39 is 17.9 Å². The van der Waals surface area contributed by atoms with Crippen molar-refractivity contribution in [3.63, 3.8) is 0 Å². The Kier molecular flexibility index (Phi) is 15.1. The van der Waals surface area contributed by atoms with Crippen LogP contribution in [-0.2, 0) is 14.4 Å². The van der Waals surface area contributed by atoms with E-state index in [2.05, 4.69) is 11.1 Å². The summed E-state index contributed by atoms with van der Waals surface area (Å²) < 4.78 is 0.419. The third-order valence-electron chi connectivity index (χ3n) is 1.11. The summed E-state index contributed by atoms with van der Waals surface area (Å²) in [7, 11) is 7.00. The van der Waals surface area contributed by atoms with Crippen LogP contribution in [0.2, 0.25) is 0 Å². The molecule has 0 aromatic carbocycles. The standard InChI is InChI=1S/C5H11NO2.C3H7NO2.C2H5NO2/c1-6(2,3)4-5(7)8;1-4-2-3(5)6;3-1-2(4)5/h4H2,1-3H3;4H,2H2,1H3,(H,5,6);1,3H2,(H,4,5). The lowest BCUT2D eigenvalue weighted by molar-refractivity contribution is -0.864. The van der Waals surface area contributed by atoms with Gasteiger partial charge in [-0.15, -0.1) is 0 Å². The van der Waals surface area contributed by atoms with Crippen LogP contribution in [0.5, 0.6) is 0 Å². The Morgan fingerprint density at radius 1 is 1.16 bits per heavy atom. The third kappa shape index (κ3) is 48.4. The largest absolute Gasteiger partial charge is 0.544 e. The van der Waals surface area contributed by atoms with E-state index in [0.717, 1.165) is 0 Å². The zero-order valence-electron chi connectivity index (χ0n) is 11.7. The number of likely N-dealkylation sites (N-methyl/N-ethyl adjacent to an activating group) is 2. The second-order valence-corrected chi connectivity index (χ2v) is 4.34. The predicted molar refractivity (Wildman–Crippen MR) is 66.2 cm³/mol. The number of carbonyl (C=O) groups excluding carboxylic acids is 1. The number of nitrogens with two attached hydrogens (primary N) is 1. The van der Waals surface area contributed by atoms with Crippen LogP contribution in [0.4, 0.5) is 0 Å². The molecular formula is C10H23N3O6. The highest BCUT2D eigenvalue weighted by molar-refractivity contribution is 5.69. The molecule has 9 heteroatoms. The number of quaternary nitrogens is 1. The molecule has 0 aliphatic carbocycles. The topological polar surface area (TPSA) is 153 Å². The Bertz CT molecular complexity index is 275. The zero-order chi connectivity index (χ0) is 16.1. The minimum Gasteiger partial charge on any atom is -0.544 e. The molecule has 9 nitrogen and oxygen atoms in total. The minimum absolute atomic E-state index is 0.0417. The molecule has 0 saturated carbocycles. The smallest absolute Gasteiger partial charge is 0.317 e. The summed E-state index contributed by atoms with van der Waals surface area (Å²) in [5.41, 5.74) is 4.57. The number of hydrogen-bond donors (Lipinski definition) is 4. The quantitative estimate of drug-likeness (QED) is 0.383. The Balaban J connectivity index is -0.000000209. The molecule has 0 saturated heterocycles. The molecular weight excluding hydrogens is 258 g/mol. The van der Waals surface area contributed by atoms with Gasteiger partial charge < -0.3 is 35.6 Å². The molecule has 0 radical (unpaired) electrons. The van der Waals surface area contributed by atoms with Crippen LogP contribution in [0.15, 0.2) is 0 Å². The van der Waals surface area contributed by atoms with E-state index in [9.17, 15) is 19.5 Å². The first-order valence-corrected chi connectivity index (χ1v) is 5.24. The fourth-order valence-electron chi connectivity index (χ4n) is 0.539. The van der Waals surface area contributed by atoms with Gasteiger partial charge in [-0.1, -0.05) is 0 Å². The van der Waals surface area contributed by atoms with Crippen molar-refractivity contribution >= 4 is 17.9 Å². The molecule has 0 fully saturated rings. The molecule has 114 valence electrons. The predicted octanol–water partition coefficient (Wildman–Crippen LogP) is -3.24. The summed E-state index contributed by atoms with van der Waals surface area (Å²) in [5.74, 6) is -2.79. The first-order valence-electron chi connectivity index (χ1n) is 5.24. The number of rotatable bonds is 5. The number of carboxylic acid groups (broad SMARTS) is 3. The van der Waals surface area contributed by atoms with Crippen LogP contribution < -0.4 is 16.2 Å². The van der Waals surface area contributed by atoms with Gasteiger partial charge in [-0.25, -0.2) is 0 Å². The molecule has 0 spiro atoms. The van der Waals surface area contributed by atoms with Gasteiger partial charge in [0.2, 0.25) is 0 Å². The van der Waals surface area contributed by atoms with Crippen molar-refractivity contribution < 1.29 is 34.2 Å². The summed E-state index contributed by atoms with van der Waals surface area (Å²) >= 11 is 0. The van der Waals surface area contributed by atoms with Gasteiger partial charge >= 0.3 is 11.9 Å². The molecule has 0 unspecified atom stereocenters. The summed E-state index contributed by atoms with van der Waals surface area (Å²) in [6, 6.07) is 0. The normalized spacial score (nSPS) is 9.32. The highest BCUT2D eigenvalue weighted by Gasteiger charge is 2.04. The maximum absolute atomic E-state index is 9.89. The highest BCUT2D eigenvalue weighted by atomic mass is 16.4. The van der Waals surface area contributed by atoms with Crippen molar-refractivity contribution in [1.29, 1.82) is 0 Å². The van der Waals surface area contributed by atoms with E-state index in [-0.39, 0.29) is 19.6 Å². The second-order valence-electron chi connectivity index (χ2n) is 4.34. The maximum atomic E-state index is 9.89. The van der Waals surface area contributed by atoms with Gasteiger partial charge in [-0.05, 0) is 7.05 Å². The number of aliphatic carboxylic acids is 3. The van der Waals surface area contributed by atoms with E-state index in [0.29, 0.717) is 4.48 Å². The maximum Gasteiger partial charge on any atom is 0.317 e. The lowest BCUT2D eigenvalue weighted by Gasteiger charge is -2.23. The number of carboxylic acids is 3. The van der Waals surface area contributed by atoms with Gasteiger partial charge in [0.15, 0.2) is 0 Å². The lowest BCUT2D eigenvalue weighted by atomic mass is 10.5. The Labute approximate surface area is 112 Å². The summed E-state index contributed by atoms with van der Waals surface area (Å²) in [4.78, 5) is 28.7. The SMILES string of the molecule is CNCC(=O)O.C[N+](C)(C)CC(=O)[O-].NCC(=O)O. The molecule has 0 aromatic rings. The van der Waals surface area contributed by atoms with Crippen LogP contribution in [0.3, 0.4) is 0 Å². The number of carbonyl (C=O) groups is 3. The summed E-state index contributed by atoms with van der Waals surface area (Å²) in [5, 5.41) is 27.8. The van der Waals surface area contributed by atoms with Crippen LogP contribution in [-0.4, -0.2) is 80.4 Å². The number of hydrogen-bond acceptors (Lipinski definition) is 6. The molecule has 0 aliphatic rings. The number of nitrogens with zero attached hydrogens (tertiary/aromatic N) is 1. The van der Waals surface area contributed by atoms with Crippen molar-refractivity contribution in [2.24, 2.45) is 5.73 Å². The van der Waals surface area contributed by atoms with E-state index in [4.69, 9.17) is 10.2 Å². The van der Waals surface area contributed by atoms with E-state index in [1.807, 2.05) is 0 Å². The molecule has 0 bridgehead atoms. The summed E-state index contributed by atoms with van der Waals surface area (Å²) in [6.45, 7) is -0.167. The summed E-state index contributed by atoms with van der Waals surface area (Å²) in [6.07, 6.45) is 0. The zero-order valence-corrected chi connectivity index (χ0v) is 11.7. The molecule has 5 N–H and O–H groups in total. The van der Waals surface area contributed by atoms with Gasteiger partial charge in [0.25, 0.3) is 0 Å². The molecule has 0 aromatic heterocycles. The average molecular weight is 281 g/mol. The van der Waals surface area contributed by atoms with Crippen molar-refractivity contribution in [2.45, 2.75) is 0 Å². The molecule has 0 rings (SSSR count). The van der Waals surface area contributed by atoms with E-state index in [1.54, 1.807) is 28.2 Å². The van der Waals surface area contributed by atoms with E-state index in [1.165, 1.54) is 0 Å². The van der Waals surface area contributed by atoms with Crippen molar-refractivity contribution in [3.05, 3.63) is 0 Å². The molecule has 0 aliphatic heterocycles. The average Bonchev–Trinajstić information content (AvgIpc) is 2.15. The Morgan fingerprint density at radius 3 is 1.53 bits per heavy atom. The number of nitrogens with one attached hydrogen (secondary N) is 1. The molecule has 19 heavy (non-hydrogen) atoms. The minimum atomic E-state index is -1.00. The van der Waals surface area contributed by atoms with Gasteiger partial charge in [-0.3, -0.25) is 9.59 Å². The fourth-order valence-corrected chi connectivity index (χ4v) is 0.539. The van der Waals surface area contributed by atoms with Crippen LogP contribution in [0, 0.1) is 0 Å². The van der Waals surface area contributed by atoms with Crippen LogP contribution >= 0.6 is 0 Å². The molecule has 0 atom stereocenters. The van der Waals surface area contributed by atoms with Crippen LogP contribution in [0.1, 0.15) is 0 Å². The van der Waals surface area contributed by atoms with Gasteiger partial charge in [0.1, 0.15) is 6.54 Å². The monoisotopic (exact) mass is 281 g/mol. The van der Waals surface area contributed by atoms with Gasteiger partial charge in [0.05, 0.1) is 40.2 Å². The second kappa shape index (κ2) is 12.7. The molecule has 0 amide bonds. The van der Waals surface area contributed by atoms with Crippen molar-refractivity contribution in [3.8, 4) is 0 Å². The lowest BCUT2D eigenvalue weighted by Crippen LogP contribution is -2.45. The first kappa shape index (κ1) is 22.5. The van der Waals surface area contributed by atoms with E-state index >= 15 is 0 Å². The van der Waals surface area contributed by atoms with Crippen molar-refractivity contribution in [1.82, 2.24) is 5.32 Å².